The molecule has 0 aliphatic heterocycles. The van der Waals surface area contributed by atoms with E-state index in [2.05, 4.69) is 5.32 Å². The molecule has 2 amide bonds. The summed E-state index contributed by atoms with van der Waals surface area (Å²) in [4.78, 5) is 13.9. The summed E-state index contributed by atoms with van der Waals surface area (Å²) >= 11 is 0. The molecule has 5 nitrogen and oxygen atoms in total. The lowest BCUT2D eigenvalue weighted by Gasteiger charge is -2.23. The van der Waals surface area contributed by atoms with E-state index in [0.29, 0.717) is 10.6 Å². The lowest BCUT2D eigenvalue weighted by atomic mass is 10.3. The van der Waals surface area contributed by atoms with E-state index in [1.807, 2.05) is 0 Å². The highest BCUT2D eigenvalue weighted by Gasteiger charge is 2.14. The quantitative estimate of drug-likeness (QED) is 0.865. The monoisotopic (exact) mass is 270 g/mol. The summed E-state index contributed by atoms with van der Waals surface area (Å²) in [6.07, 6.45) is 1.58. The number of carbonyl (C=O) groups is 1. The van der Waals surface area contributed by atoms with Gasteiger partial charge in [0.05, 0.1) is 12.6 Å². The fourth-order valence-corrected chi connectivity index (χ4v) is 1.85. The van der Waals surface area contributed by atoms with Gasteiger partial charge in [-0.3, -0.25) is 4.21 Å². The SMILES string of the molecule is CC(CO)N(C)C(=O)Nc1cccc(S(C)=O)c1. The Morgan fingerprint density at radius 1 is 1.56 bits per heavy atom. The zero-order chi connectivity index (χ0) is 13.7. The van der Waals surface area contributed by atoms with Crippen molar-refractivity contribution in [1.29, 1.82) is 0 Å². The topological polar surface area (TPSA) is 69.6 Å². The highest BCUT2D eigenvalue weighted by atomic mass is 32.2. The average molecular weight is 270 g/mol. The summed E-state index contributed by atoms with van der Waals surface area (Å²) in [5.41, 5.74) is 0.588. The van der Waals surface area contributed by atoms with Crippen LogP contribution in [0, 0.1) is 0 Å². The molecule has 100 valence electrons. The molecule has 0 aromatic heterocycles. The smallest absolute Gasteiger partial charge is 0.321 e. The zero-order valence-electron chi connectivity index (χ0n) is 10.7. The molecule has 2 unspecified atom stereocenters. The molecule has 18 heavy (non-hydrogen) atoms. The van der Waals surface area contributed by atoms with E-state index in [1.54, 1.807) is 44.5 Å². The number of hydrogen-bond donors (Lipinski definition) is 2. The van der Waals surface area contributed by atoms with Crippen molar-refractivity contribution in [1.82, 2.24) is 4.90 Å². The minimum Gasteiger partial charge on any atom is -0.394 e. The predicted molar refractivity (Wildman–Crippen MR) is 72.1 cm³/mol. The van der Waals surface area contributed by atoms with Crippen LogP contribution in [0.25, 0.3) is 0 Å². The molecule has 0 bridgehead atoms. The van der Waals surface area contributed by atoms with E-state index in [4.69, 9.17) is 5.11 Å². The maximum Gasteiger partial charge on any atom is 0.321 e. The van der Waals surface area contributed by atoms with E-state index in [1.165, 1.54) is 4.90 Å². The third kappa shape index (κ3) is 3.82. The van der Waals surface area contributed by atoms with Crippen LogP contribution in [0.2, 0.25) is 0 Å². The van der Waals surface area contributed by atoms with E-state index in [0.717, 1.165) is 0 Å². The van der Waals surface area contributed by atoms with Gasteiger partial charge in [0.15, 0.2) is 0 Å². The van der Waals surface area contributed by atoms with Crippen molar-refractivity contribution in [2.75, 3.05) is 25.2 Å². The molecule has 1 aromatic rings. The van der Waals surface area contributed by atoms with Gasteiger partial charge in [-0.1, -0.05) is 6.07 Å². The van der Waals surface area contributed by atoms with Gasteiger partial charge in [0.2, 0.25) is 0 Å². The van der Waals surface area contributed by atoms with Crippen LogP contribution in [0.15, 0.2) is 29.2 Å². The molecule has 0 aliphatic rings. The van der Waals surface area contributed by atoms with Crippen LogP contribution in [0.3, 0.4) is 0 Å². The van der Waals surface area contributed by atoms with Crippen LogP contribution in [-0.4, -0.2) is 46.2 Å². The molecule has 2 atom stereocenters. The Morgan fingerprint density at radius 2 is 2.22 bits per heavy atom. The van der Waals surface area contributed by atoms with Crippen LogP contribution in [-0.2, 0) is 10.8 Å². The van der Waals surface area contributed by atoms with E-state index in [9.17, 15) is 9.00 Å². The van der Waals surface area contributed by atoms with Gasteiger partial charge >= 0.3 is 6.03 Å². The van der Waals surface area contributed by atoms with Gasteiger partial charge in [0, 0.05) is 34.7 Å². The van der Waals surface area contributed by atoms with Crippen LogP contribution in [0.1, 0.15) is 6.92 Å². The van der Waals surface area contributed by atoms with E-state index >= 15 is 0 Å². The van der Waals surface area contributed by atoms with E-state index in [-0.39, 0.29) is 18.7 Å². The summed E-state index contributed by atoms with van der Waals surface area (Å²) in [5.74, 6) is 0. The normalized spacial score (nSPS) is 13.8. The summed E-state index contributed by atoms with van der Waals surface area (Å²) in [5, 5.41) is 11.7. The van der Waals surface area contributed by atoms with Crippen LogP contribution in [0.5, 0.6) is 0 Å². The number of likely N-dealkylation sites (N-methyl/N-ethyl adjacent to an activating group) is 1. The first-order valence-corrected chi connectivity index (χ1v) is 7.09. The third-order valence-corrected chi connectivity index (χ3v) is 3.58. The van der Waals surface area contributed by atoms with Crippen molar-refractivity contribution in [3.8, 4) is 0 Å². The van der Waals surface area contributed by atoms with Gasteiger partial charge in [-0.25, -0.2) is 4.79 Å². The highest BCUT2D eigenvalue weighted by Crippen LogP contribution is 2.14. The first-order valence-electron chi connectivity index (χ1n) is 5.54. The Hall–Kier alpha value is -1.40. The number of benzene rings is 1. The minimum absolute atomic E-state index is 0.0943. The zero-order valence-corrected chi connectivity index (χ0v) is 11.5. The Morgan fingerprint density at radius 3 is 2.78 bits per heavy atom. The summed E-state index contributed by atoms with van der Waals surface area (Å²) in [6, 6.07) is 6.31. The molecule has 2 N–H and O–H groups in total. The van der Waals surface area contributed by atoms with Crippen LogP contribution < -0.4 is 5.32 Å². The van der Waals surface area contributed by atoms with Crippen molar-refractivity contribution in [2.24, 2.45) is 0 Å². The Balaban J connectivity index is 2.76. The molecule has 0 radical (unpaired) electrons. The standard InChI is InChI=1S/C12H18N2O3S/c1-9(8-15)14(2)12(16)13-10-5-4-6-11(7-10)18(3)17/h4-7,9,15H,8H2,1-3H3,(H,13,16). The molecule has 1 rings (SSSR count). The van der Waals surface area contributed by atoms with Crippen LogP contribution >= 0.6 is 0 Å². The largest absolute Gasteiger partial charge is 0.394 e. The second kappa shape index (κ2) is 6.51. The Bertz CT molecular complexity index is 451. The predicted octanol–water partition coefficient (Wildman–Crippen LogP) is 1.27. The van der Waals surface area contributed by atoms with Crippen molar-refractivity contribution >= 4 is 22.5 Å². The fourth-order valence-electron chi connectivity index (χ4n) is 1.29. The number of nitrogens with one attached hydrogen (secondary N) is 1. The van der Waals surface area contributed by atoms with Crippen molar-refractivity contribution in [2.45, 2.75) is 17.9 Å². The Labute approximate surface area is 109 Å². The number of carbonyl (C=O) groups excluding carboxylic acids is 1. The lowest BCUT2D eigenvalue weighted by molar-refractivity contribution is 0.166. The maximum atomic E-state index is 11.8. The number of amides is 2. The number of rotatable bonds is 4. The van der Waals surface area contributed by atoms with Crippen molar-refractivity contribution in [3.05, 3.63) is 24.3 Å². The number of aliphatic hydroxyl groups is 1. The van der Waals surface area contributed by atoms with Gasteiger partial charge in [0.1, 0.15) is 0 Å². The molecule has 0 heterocycles. The minimum atomic E-state index is -1.08. The van der Waals surface area contributed by atoms with Crippen molar-refractivity contribution in [3.63, 3.8) is 0 Å². The molecular weight excluding hydrogens is 252 g/mol. The molecule has 6 heteroatoms. The second-order valence-electron chi connectivity index (χ2n) is 4.05. The van der Waals surface area contributed by atoms with Gasteiger partial charge in [0.25, 0.3) is 0 Å². The average Bonchev–Trinajstić information content (AvgIpc) is 2.37. The van der Waals surface area contributed by atoms with Crippen LogP contribution in [0.4, 0.5) is 10.5 Å². The molecule has 0 saturated carbocycles. The number of anilines is 1. The van der Waals surface area contributed by atoms with Gasteiger partial charge in [-0.2, -0.15) is 0 Å². The number of aliphatic hydroxyl groups excluding tert-OH is 1. The number of urea groups is 1. The Kier molecular flexibility index (Phi) is 5.30. The molecule has 1 aromatic carbocycles. The second-order valence-corrected chi connectivity index (χ2v) is 5.43. The highest BCUT2D eigenvalue weighted by molar-refractivity contribution is 7.84. The van der Waals surface area contributed by atoms with Gasteiger partial charge in [-0.05, 0) is 25.1 Å². The first kappa shape index (κ1) is 14.7. The van der Waals surface area contributed by atoms with E-state index < -0.39 is 10.8 Å². The fraction of sp³-hybridized carbons (Fsp3) is 0.417. The summed E-state index contributed by atoms with van der Waals surface area (Å²) in [6.45, 7) is 1.65. The summed E-state index contributed by atoms with van der Waals surface area (Å²) < 4.78 is 11.3. The molecule has 0 saturated heterocycles. The maximum absolute atomic E-state index is 11.8. The molecule has 0 spiro atoms. The first-order chi connectivity index (χ1) is 8.45. The molecular formula is C12H18N2O3S. The third-order valence-electron chi connectivity index (χ3n) is 2.66. The molecule has 0 fully saturated rings. The number of hydrogen-bond acceptors (Lipinski definition) is 3. The van der Waals surface area contributed by atoms with Gasteiger partial charge < -0.3 is 15.3 Å². The van der Waals surface area contributed by atoms with Gasteiger partial charge in [-0.15, -0.1) is 0 Å². The summed E-state index contributed by atoms with van der Waals surface area (Å²) in [7, 11) is 0.529. The number of nitrogens with zero attached hydrogens (tertiary/aromatic N) is 1. The van der Waals surface area contributed by atoms with Crippen molar-refractivity contribution < 1.29 is 14.1 Å². The lowest BCUT2D eigenvalue weighted by Crippen LogP contribution is -2.40. The molecule has 0 aliphatic carbocycles.